The molecule has 0 saturated heterocycles. The molecule has 0 aliphatic rings. The van der Waals surface area contributed by atoms with Gasteiger partial charge >= 0.3 is 0 Å². The van der Waals surface area contributed by atoms with Crippen LogP contribution in [-0.4, -0.2) is 19.2 Å². The monoisotopic (exact) mass is 304 g/mol. The van der Waals surface area contributed by atoms with Crippen molar-refractivity contribution in [2.24, 2.45) is 7.05 Å². The molecule has 0 spiro atoms. The van der Waals surface area contributed by atoms with Crippen LogP contribution in [0.5, 0.6) is 0 Å². The van der Waals surface area contributed by atoms with Gasteiger partial charge in [-0.3, -0.25) is 0 Å². The van der Waals surface area contributed by atoms with Gasteiger partial charge in [-0.25, -0.2) is 9.50 Å². The number of rotatable bonds is 2. The summed E-state index contributed by atoms with van der Waals surface area (Å²) < 4.78 is 4.02. The Morgan fingerprint density at radius 1 is 1.09 bits per heavy atom. The minimum Gasteiger partial charge on any atom is -0.350 e. The van der Waals surface area contributed by atoms with E-state index in [0.29, 0.717) is 5.92 Å². The number of fused-ring (bicyclic) bond motifs is 2. The number of nitrogens with zero attached hydrogens (tertiary/aromatic N) is 4. The molecule has 0 atom stereocenters. The number of hydrogen-bond donors (Lipinski definition) is 0. The van der Waals surface area contributed by atoms with E-state index in [2.05, 4.69) is 72.9 Å². The summed E-state index contributed by atoms with van der Waals surface area (Å²) in [6.45, 7) is 6.53. The number of hydrogen-bond acceptors (Lipinski definition) is 2. The molecule has 0 saturated carbocycles. The Morgan fingerprint density at radius 2 is 1.91 bits per heavy atom. The standard InChI is InChI=1S/C19H20N4/c1-12(2)16-11-22(4)17-6-5-14(10-15(16)17)19-20-18-9-13(3)7-8-23(18)21-19/h5-12H,1-4H3. The second-order valence-electron chi connectivity index (χ2n) is 6.52. The van der Waals surface area contributed by atoms with Gasteiger partial charge in [0.25, 0.3) is 0 Å². The molecule has 1 aromatic carbocycles. The average molecular weight is 304 g/mol. The molecule has 4 heteroatoms. The van der Waals surface area contributed by atoms with Crippen molar-refractivity contribution in [1.82, 2.24) is 19.2 Å². The van der Waals surface area contributed by atoms with Gasteiger partial charge in [0.05, 0.1) is 0 Å². The van der Waals surface area contributed by atoms with Gasteiger partial charge in [-0.05, 0) is 54.3 Å². The van der Waals surface area contributed by atoms with Crippen LogP contribution in [0.15, 0.2) is 42.7 Å². The third-order valence-corrected chi connectivity index (χ3v) is 4.39. The SMILES string of the molecule is Cc1ccn2nc(-c3ccc4c(c3)c(C(C)C)cn4C)nc2c1. The molecular weight excluding hydrogens is 284 g/mol. The first-order valence-corrected chi connectivity index (χ1v) is 7.95. The molecular formula is C19H20N4. The first-order chi connectivity index (χ1) is 11.0. The van der Waals surface area contributed by atoms with Crippen LogP contribution in [0, 0.1) is 6.92 Å². The topological polar surface area (TPSA) is 35.1 Å². The fourth-order valence-corrected chi connectivity index (χ4v) is 3.13. The van der Waals surface area contributed by atoms with Crippen LogP contribution >= 0.6 is 0 Å². The molecule has 116 valence electrons. The third-order valence-electron chi connectivity index (χ3n) is 4.39. The molecule has 0 amide bonds. The number of aryl methyl sites for hydroxylation is 2. The van der Waals surface area contributed by atoms with Gasteiger partial charge in [-0.2, -0.15) is 0 Å². The zero-order chi connectivity index (χ0) is 16.1. The highest BCUT2D eigenvalue weighted by Crippen LogP contribution is 2.30. The molecule has 0 bridgehead atoms. The minimum atomic E-state index is 0.491. The second-order valence-corrected chi connectivity index (χ2v) is 6.52. The van der Waals surface area contributed by atoms with Crippen molar-refractivity contribution in [3.8, 4) is 11.4 Å². The highest BCUT2D eigenvalue weighted by atomic mass is 15.3. The zero-order valence-corrected chi connectivity index (χ0v) is 13.9. The Bertz CT molecular complexity index is 1020. The molecule has 3 heterocycles. The molecule has 3 aromatic heterocycles. The average Bonchev–Trinajstić information content (AvgIpc) is 3.08. The van der Waals surface area contributed by atoms with Gasteiger partial charge in [0.1, 0.15) is 0 Å². The van der Waals surface area contributed by atoms with Crippen LogP contribution in [0.2, 0.25) is 0 Å². The summed E-state index contributed by atoms with van der Waals surface area (Å²) in [5.74, 6) is 1.27. The lowest BCUT2D eigenvalue weighted by atomic mass is 10.0. The van der Waals surface area contributed by atoms with Gasteiger partial charge in [-0.1, -0.05) is 13.8 Å². The van der Waals surface area contributed by atoms with Crippen molar-refractivity contribution in [3.63, 3.8) is 0 Å². The smallest absolute Gasteiger partial charge is 0.182 e. The van der Waals surface area contributed by atoms with Crippen molar-refractivity contribution < 1.29 is 0 Å². The Kier molecular flexibility index (Phi) is 3.01. The minimum absolute atomic E-state index is 0.491. The van der Waals surface area contributed by atoms with E-state index in [0.717, 1.165) is 17.0 Å². The molecule has 0 radical (unpaired) electrons. The van der Waals surface area contributed by atoms with E-state index in [1.165, 1.54) is 22.0 Å². The Morgan fingerprint density at radius 3 is 2.70 bits per heavy atom. The fraction of sp³-hybridized carbons (Fsp3) is 0.263. The summed E-state index contributed by atoms with van der Waals surface area (Å²) in [7, 11) is 2.10. The van der Waals surface area contributed by atoms with Gasteiger partial charge in [0, 0.05) is 35.9 Å². The molecule has 0 fully saturated rings. The van der Waals surface area contributed by atoms with E-state index in [1.807, 2.05) is 16.8 Å². The predicted molar refractivity (Wildman–Crippen MR) is 93.7 cm³/mol. The summed E-state index contributed by atoms with van der Waals surface area (Å²) in [4.78, 5) is 4.68. The predicted octanol–water partition coefficient (Wildman–Crippen LogP) is 4.32. The quantitative estimate of drug-likeness (QED) is 0.553. The maximum atomic E-state index is 4.68. The van der Waals surface area contributed by atoms with Gasteiger partial charge < -0.3 is 4.57 Å². The first kappa shape index (κ1) is 14.0. The van der Waals surface area contributed by atoms with Crippen LogP contribution < -0.4 is 0 Å². The van der Waals surface area contributed by atoms with Gasteiger partial charge in [-0.15, -0.1) is 5.10 Å². The van der Waals surface area contributed by atoms with Crippen molar-refractivity contribution in [3.05, 3.63) is 53.9 Å². The number of pyridine rings is 1. The third kappa shape index (κ3) is 2.22. The fourth-order valence-electron chi connectivity index (χ4n) is 3.13. The van der Waals surface area contributed by atoms with Crippen LogP contribution in [0.1, 0.15) is 30.9 Å². The molecule has 0 unspecified atom stereocenters. The maximum absolute atomic E-state index is 4.68. The van der Waals surface area contributed by atoms with Gasteiger partial charge in [0.15, 0.2) is 11.5 Å². The molecule has 4 rings (SSSR count). The largest absolute Gasteiger partial charge is 0.350 e. The summed E-state index contributed by atoms with van der Waals surface area (Å²) >= 11 is 0. The van der Waals surface area contributed by atoms with E-state index in [1.54, 1.807) is 0 Å². The molecule has 0 aliphatic carbocycles. The zero-order valence-electron chi connectivity index (χ0n) is 13.9. The van der Waals surface area contributed by atoms with Crippen molar-refractivity contribution in [2.45, 2.75) is 26.7 Å². The summed E-state index contributed by atoms with van der Waals surface area (Å²) in [5, 5.41) is 5.90. The molecule has 0 N–H and O–H groups in total. The van der Waals surface area contributed by atoms with Crippen molar-refractivity contribution in [1.29, 1.82) is 0 Å². The van der Waals surface area contributed by atoms with E-state index in [9.17, 15) is 0 Å². The second kappa shape index (κ2) is 4.95. The van der Waals surface area contributed by atoms with Crippen molar-refractivity contribution in [2.75, 3.05) is 0 Å². The lowest BCUT2D eigenvalue weighted by Gasteiger charge is -2.03. The normalized spacial score (nSPS) is 11.9. The van der Waals surface area contributed by atoms with Crippen LogP contribution in [0.4, 0.5) is 0 Å². The molecule has 23 heavy (non-hydrogen) atoms. The molecule has 4 nitrogen and oxygen atoms in total. The maximum Gasteiger partial charge on any atom is 0.182 e. The summed E-state index contributed by atoms with van der Waals surface area (Å²) in [5.41, 5.74) is 5.75. The summed E-state index contributed by atoms with van der Waals surface area (Å²) in [6.07, 6.45) is 4.18. The highest BCUT2D eigenvalue weighted by molar-refractivity contribution is 5.88. The van der Waals surface area contributed by atoms with E-state index >= 15 is 0 Å². The van der Waals surface area contributed by atoms with Crippen LogP contribution in [0.3, 0.4) is 0 Å². The van der Waals surface area contributed by atoms with E-state index in [4.69, 9.17) is 0 Å². The molecule has 0 aliphatic heterocycles. The van der Waals surface area contributed by atoms with Gasteiger partial charge in [0.2, 0.25) is 0 Å². The lowest BCUT2D eigenvalue weighted by Crippen LogP contribution is -1.87. The molecule has 4 aromatic rings. The highest BCUT2D eigenvalue weighted by Gasteiger charge is 2.13. The van der Waals surface area contributed by atoms with Crippen LogP contribution in [0.25, 0.3) is 27.9 Å². The summed E-state index contributed by atoms with van der Waals surface area (Å²) in [6, 6.07) is 10.6. The first-order valence-electron chi connectivity index (χ1n) is 7.95. The van der Waals surface area contributed by atoms with Crippen molar-refractivity contribution >= 4 is 16.6 Å². The lowest BCUT2D eigenvalue weighted by molar-refractivity contribution is 0.857. The number of benzene rings is 1. The van der Waals surface area contributed by atoms with E-state index in [-0.39, 0.29) is 0 Å². The Hall–Kier alpha value is -2.62. The number of aromatic nitrogens is 4. The Labute approximate surface area is 135 Å². The van der Waals surface area contributed by atoms with E-state index < -0.39 is 0 Å². The Balaban J connectivity index is 1.91. The van der Waals surface area contributed by atoms with Crippen LogP contribution in [-0.2, 0) is 7.05 Å².